The zero-order valence-electron chi connectivity index (χ0n) is 15.1. The van der Waals surface area contributed by atoms with Crippen molar-refractivity contribution >= 4 is 11.9 Å². The predicted molar refractivity (Wildman–Crippen MR) is 96.5 cm³/mol. The number of fused-ring (bicyclic) bond motifs is 1. The smallest absolute Gasteiger partial charge is 0.277 e. The molecule has 2 aliphatic heterocycles. The van der Waals surface area contributed by atoms with Crippen LogP contribution in [0.15, 0.2) is 18.5 Å². The third-order valence-electron chi connectivity index (χ3n) is 6.35. The SMILES string of the molecule is O=C(C[NH+]1CCN(c2ncccn2)CC1)N1CC[C@@H]2CCCC[C@H]2C1. The third kappa shape index (κ3) is 3.94. The van der Waals surface area contributed by atoms with Gasteiger partial charge in [0.25, 0.3) is 5.91 Å². The molecule has 3 aliphatic rings. The van der Waals surface area contributed by atoms with E-state index in [0.29, 0.717) is 12.5 Å². The molecule has 0 spiro atoms. The van der Waals surface area contributed by atoms with Gasteiger partial charge in [0.05, 0.1) is 26.2 Å². The van der Waals surface area contributed by atoms with Crippen LogP contribution in [-0.2, 0) is 4.79 Å². The van der Waals surface area contributed by atoms with E-state index in [4.69, 9.17) is 0 Å². The fourth-order valence-corrected chi connectivity index (χ4v) is 4.81. The number of nitrogens with one attached hydrogen (secondary N) is 1. The van der Waals surface area contributed by atoms with Crippen LogP contribution in [0.4, 0.5) is 5.95 Å². The van der Waals surface area contributed by atoms with Crippen molar-refractivity contribution in [2.75, 3.05) is 50.7 Å². The van der Waals surface area contributed by atoms with Crippen LogP contribution in [-0.4, -0.2) is 66.6 Å². The first kappa shape index (κ1) is 16.8. The minimum atomic E-state index is 0.364. The highest BCUT2D eigenvalue weighted by molar-refractivity contribution is 5.77. The van der Waals surface area contributed by atoms with Gasteiger partial charge in [0.15, 0.2) is 6.54 Å². The number of piperazine rings is 1. The second-order valence-corrected chi connectivity index (χ2v) is 7.90. The second kappa shape index (κ2) is 7.68. The van der Waals surface area contributed by atoms with E-state index in [2.05, 4.69) is 19.8 Å². The predicted octanol–water partition coefficient (Wildman–Crippen LogP) is 0.220. The highest BCUT2D eigenvalue weighted by atomic mass is 16.2. The molecular formula is C19H30N5O+. The molecule has 3 heterocycles. The van der Waals surface area contributed by atoms with Gasteiger partial charge in [-0.15, -0.1) is 0 Å². The van der Waals surface area contributed by atoms with E-state index >= 15 is 0 Å². The van der Waals surface area contributed by atoms with E-state index in [1.54, 1.807) is 12.4 Å². The molecule has 0 aromatic carbocycles. The van der Waals surface area contributed by atoms with Gasteiger partial charge in [0.1, 0.15) is 0 Å². The van der Waals surface area contributed by atoms with Crippen molar-refractivity contribution in [3.05, 3.63) is 18.5 Å². The van der Waals surface area contributed by atoms with Crippen LogP contribution < -0.4 is 9.80 Å². The Balaban J connectivity index is 1.25. The number of carbonyl (C=O) groups excluding carboxylic acids is 1. The molecule has 1 saturated carbocycles. The van der Waals surface area contributed by atoms with Gasteiger partial charge >= 0.3 is 0 Å². The summed E-state index contributed by atoms with van der Waals surface area (Å²) in [4.78, 5) is 27.2. The molecule has 6 heteroatoms. The van der Waals surface area contributed by atoms with E-state index in [1.165, 1.54) is 37.0 Å². The Labute approximate surface area is 150 Å². The molecule has 1 aliphatic carbocycles. The van der Waals surface area contributed by atoms with E-state index < -0.39 is 0 Å². The fourth-order valence-electron chi connectivity index (χ4n) is 4.81. The Morgan fingerprint density at radius 3 is 2.52 bits per heavy atom. The number of rotatable bonds is 3. The van der Waals surface area contributed by atoms with Crippen molar-refractivity contribution in [2.45, 2.75) is 32.1 Å². The number of amides is 1. The number of piperidine rings is 1. The lowest BCUT2D eigenvalue weighted by atomic mass is 9.75. The molecule has 1 aromatic rings. The summed E-state index contributed by atoms with van der Waals surface area (Å²) in [5.41, 5.74) is 0. The molecule has 1 amide bonds. The zero-order chi connectivity index (χ0) is 17.1. The first-order chi connectivity index (χ1) is 12.3. The standard InChI is InChI=1S/C19H29N5O/c25-18(24-9-6-16-4-1-2-5-17(16)14-24)15-22-10-12-23(13-11-22)19-20-7-3-8-21-19/h3,7-8,16-17H,1-2,4-6,9-15H2/p+1/t16-,17-/m0/s1. The van der Waals surface area contributed by atoms with Crippen LogP contribution in [0.3, 0.4) is 0 Å². The van der Waals surface area contributed by atoms with Crippen LogP contribution in [0.2, 0.25) is 0 Å². The van der Waals surface area contributed by atoms with Crippen LogP contribution in [0.25, 0.3) is 0 Å². The van der Waals surface area contributed by atoms with Gasteiger partial charge < -0.3 is 14.7 Å². The molecule has 0 bridgehead atoms. The Hall–Kier alpha value is -1.69. The largest absolute Gasteiger partial charge is 0.338 e. The molecule has 4 rings (SSSR count). The molecule has 6 nitrogen and oxygen atoms in total. The van der Waals surface area contributed by atoms with Gasteiger partial charge in [-0.2, -0.15) is 0 Å². The average Bonchev–Trinajstić information content (AvgIpc) is 2.69. The summed E-state index contributed by atoms with van der Waals surface area (Å²) in [6, 6.07) is 1.85. The first-order valence-electron chi connectivity index (χ1n) is 9.93. The van der Waals surface area contributed by atoms with E-state index in [0.717, 1.165) is 57.1 Å². The van der Waals surface area contributed by atoms with Gasteiger partial charge in [-0.3, -0.25) is 4.79 Å². The van der Waals surface area contributed by atoms with Crippen molar-refractivity contribution in [1.82, 2.24) is 14.9 Å². The Kier molecular flexibility index (Phi) is 5.15. The van der Waals surface area contributed by atoms with E-state index in [1.807, 2.05) is 6.07 Å². The molecule has 136 valence electrons. The maximum absolute atomic E-state index is 12.8. The highest BCUT2D eigenvalue weighted by Crippen LogP contribution is 2.35. The second-order valence-electron chi connectivity index (χ2n) is 7.90. The van der Waals surface area contributed by atoms with Crippen molar-refractivity contribution < 1.29 is 9.69 Å². The number of likely N-dealkylation sites (tertiary alicyclic amines) is 1. The average molecular weight is 344 g/mol. The summed E-state index contributed by atoms with van der Waals surface area (Å²) in [7, 11) is 0. The zero-order valence-corrected chi connectivity index (χ0v) is 15.1. The third-order valence-corrected chi connectivity index (χ3v) is 6.35. The number of carbonyl (C=O) groups is 1. The molecule has 0 radical (unpaired) electrons. The van der Waals surface area contributed by atoms with Gasteiger partial charge in [-0.1, -0.05) is 19.3 Å². The normalized spacial score (nSPS) is 27.8. The molecular weight excluding hydrogens is 314 g/mol. The monoisotopic (exact) mass is 344 g/mol. The molecule has 3 fully saturated rings. The maximum atomic E-state index is 12.8. The number of hydrogen-bond acceptors (Lipinski definition) is 4. The maximum Gasteiger partial charge on any atom is 0.277 e. The Morgan fingerprint density at radius 1 is 1.04 bits per heavy atom. The van der Waals surface area contributed by atoms with Gasteiger partial charge in [-0.05, 0) is 30.7 Å². The number of hydrogen-bond donors (Lipinski definition) is 1. The first-order valence-corrected chi connectivity index (χ1v) is 9.93. The number of nitrogens with zero attached hydrogens (tertiary/aromatic N) is 4. The van der Waals surface area contributed by atoms with Crippen LogP contribution in [0, 0.1) is 11.8 Å². The van der Waals surface area contributed by atoms with Crippen molar-refractivity contribution in [1.29, 1.82) is 0 Å². The summed E-state index contributed by atoms with van der Waals surface area (Å²) in [6.45, 7) is 6.49. The molecule has 2 saturated heterocycles. The van der Waals surface area contributed by atoms with Crippen LogP contribution in [0.5, 0.6) is 0 Å². The Bertz CT molecular complexity index is 572. The van der Waals surface area contributed by atoms with Gasteiger partial charge in [0.2, 0.25) is 5.95 Å². The summed E-state index contributed by atoms with van der Waals surface area (Å²) in [5, 5.41) is 0. The topological polar surface area (TPSA) is 53.8 Å². The van der Waals surface area contributed by atoms with Crippen molar-refractivity contribution in [2.24, 2.45) is 11.8 Å². The van der Waals surface area contributed by atoms with Gasteiger partial charge in [-0.25, -0.2) is 9.97 Å². The molecule has 25 heavy (non-hydrogen) atoms. The van der Waals surface area contributed by atoms with Crippen LogP contribution >= 0.6 is 0 Å². The lowest BCUT2D eigenvalue weighted by Gasteiger charge is -2.41. The lowest BCUT2D eigenvalue weighted by Crippen LogP contribution is -3.16. The summed E-state index contributed by atoms with van der Waals surface area (Å²) in [6.07, 6.45) is 10.3. The summed E-state index contributed by atoms with van der Waals surface area (Å²) in [5.74, 6) is 2.84. The van der Waals surface area contributed by atoms with Gasteiger partial charge in [0, 0.05) is 25.5 Å². The molecule has 0 unspecified atom stereocenters. The summed E-state index contributed by atoms with van der Waals surface area (Å²) < 4.78 is 0. The minimum absolute atomic E-state index is 0.364. The van der Waals surface area contributed by atoms with Crippen molar-refractivity contribution in [3.63, 3.8) is 0 Å². The molecule has 2 atom stereocenters. The van der Waals surface area contributed by atoms with Crippen LogP contribution in [0.1, 0.15) is 32.1 Å². The number of anilines is 1. The lowest BCUT2D eigenvalue weighted by molar-refractivity contribution is -0.892. The summed E-state index contributed by atoms with van der Waals surface area (Å²) >= 11 is 0. The Morgan fingerprint density at radius 2 is 1.76 bits per heavy atom. The number of quaternary nitrogens is 1. The molecule has 1 N–H and O–H groups in total. The van der Waals surface area contributed by atoms with Crippen molar-refractivity contribution in [3.8, 4) is 0 Å². The quantitative estimate of drug-likeness (QED) is 0.852. The fraction of sp³-hybridized carbons (Fsp3) is 0.737. The van der Waals surface area contributed by atoms with E-state index in [9.17, 15) is 4.79 Å². The number of aromatic nitrogens is 2. The minimum Gasteiger partial charge on any atom is -0.338 e. The highest BCUT2D eigenvalue weighted by Gasteiger charge is 2.34. The molecule has 1 aromatic heterocycles. The van der Waals surface area contributed by atoms with E-state index in [-0.39, 0.29) is 0 Å².